The Bertz CT molecular complexity index is 921. The van der Waals surface area contributed by atoms with Crippen molar-refractivity contribution in [2.45, 2.75) is 0 Å². The lowest BCUT2D eigenvalue weighted by Crippen LogP contribution is -1.78. The summed E-state index contributed by atoms with van der Waals surface area (Å²) in [6.07, 6.45) is 0. The van der Waals surface area contributed by atoms with Crippen LogP contribution in [0, 0.1) is 0 Å². The summed E-state index contributed by atoms with van der Waals surface area (Å²) in [6, 6.07) is 25.3. The van der Waals surface area contributed by atoms with Gasteiger partial charge >= 0.3 is 0 Å². The van der Waals surface area contributed by atoms with Crippen LogP contribution in [0.3, 0.4) is 0 Å². The molecular weight excluding hydrogens is 340 g/mol. The van der Waals surface area contributed by atoms with Gasteiger partial charge in [0.1, 0.15) is 0 Å². The van der Waals surface area contributed by atoms with Crippen LogP contribution in [0.15, 0.2) is 78.2 Å². The van der Waals surface area contributed by atoms with Gasteiger partial charge in [0.25, 0.3) is 0 Å². The minimum absolute atomic E-state index is 0.805. The van der Waals surface area contributed by atoms with E-state index < -0.39 is 0 Å². The molecule has 0 atom stereocenters. The Morgan fingerprint density at radius 2 is 1.43 bits per heavy atom. The maximum absolute atomic E-state index is 6.51. The number of rotatable bonds is 3. The predicted octanol–water partition coefficient (Wildman–Crippen LogP) is 7.46. The molecule has 0 unspecified atom stereocenters. The van der Waals surface area contributed by atoms with Gasteiger partial charge in [-0.15, -0.1) is 22.7 Å². The maximum atomic E-state index is 6.51. The van der Waals surface area contributed by atoms with Gasteiger partial charge in [-0.3, -0.25) is 0 Å². The van der Waals surface area contributed by atoms with E-state index in [4.69, 9.17) is 11.6 Å². The minimum atomic E-state index is 0.805. The second-order valence-corrected chi connectivity index (χ2v) is 7.64. The first-order chi connectivity index (χ1) is 11.3. The molecule has 0 fully saturated rings. The molecule has 0 radical (unpaired) electrons. The third kappa shape index (κ3) is 2.98. The summed E-state index contributed by atoms with van der Waals surface area (Å²) in [7, 11) is 0. The number of thiophene rings is 2. The quantitative estimate of drug-likeness (QED) is 0.359. The summed E-state index contributed by atoms with van der Waals surface area (Å²) in [5, 5.41) is 2.88. The van der Waals surface area contributed by atoms with Gasteiger partial charge in [-0.1, -0.05) is 60.1 Å². The predicted molar refractivity (Wildman–Crippen MR) is 104 cm³/mol. The van der Waals surface area contributed by atoms with Crippen LogP contribution in [0.2, 0.25) is 5.02 Å². The Labute approximate surface area is 148 Å². The lowest BCUT2D eigenvalue weighted by molar-refractivity contribution is 1.68. The molecule has 2 heterocycles. The molecule has 0 amide bonds. The molecule has 0 aliphatic heterocycles. The van der Waals surface area contributed by atoms with Crippen LogP contribution in [-0.2, 0) is 0 Å². The summed E-state index contributed by atoms with van der Waals surface area (Å²) in [5.41, 5.74) is 3.53. The van der Waals surface area contributed by atoms with Crippen LogP contribution < -0.4 is 0 Å². The summed E-state index contributed by atoms with van der Waals surface area (Å²) in [6.45, 7) is 0. The Balaban J connectivity index is 1.69. The third-order valence-electron chi connectivity index (χ3n) is 3.70. The van der Waals surface area contributed by atoms with E-state index in [0.29, 0.717) is 0 Å². The van der Waals surface area contributed by atoms with E-state index in [-0.39, 0.29) is 0 Å². The van der Waals surface area contributed by atoms with Crippen LogP contribution in [-0.4, -0.2) is 0 Å². The number of hydrogen-bond acceptors (Lipinski definition) is 2. The van der Waals surface area contributed by atoms with E-state index in [0.717, 1.165) is 10.6 Å². The molecule has 0 bridgehead atoms. The van der Waals surface area contributed by atoms with E-state index in [1.54, 1.807) is 22.7 Å². The van der Waals surface area contributed by atoms with E-state index >= 15 is 0 Å². The van der Waals surface area contributed by atoms with E-state index in [2.05, 4.69) is 72.1 Å². The highest BCUT2D eigenvalue weighted by atomic mass is 35.5. The van der Waals surface area contributed by atoms with Crippen LogP contribution in [0.4, 0.5) is 0 Å². The largest absolute Gasteiger partial charge is 0.144 e. The second-order valence-electron chi connectivity index (χ2n) is 5.20. The molecule has 3 heteroatoms. The Morgan fingerprint density at radius 3 is 2.13 bits per heavy atom. The molecule has 2 aromatic carbocycles. The molecule has 0 aliphatic rings. The van der Waals surface area contributed by atoms with Gasteiger partial charge in [-0.2, -0.15) is 0 Å². The highest BCUT2D eigenvalue weighted by Crippen LogP contribution is 2.38. The summed E-state index contributed by atoms with van der Waals surface area (Å²) >= 11 is 10.0. The fourth-order valence-electron chi connectivity index (χ4n) is 2.55. The number of hydrogen-bond donors (Lipinski definition) is 0. The van der Waals surface area contributed by atoms with Crippen molar-refractivity contribution >= 4 is 34.3 Å². The first-order valence-electron chi connectivity index (χ1n) is 7.30. The fraction of sp³-hybridized carbons (Fsp3) is 0. The van der Waals surface area contributed by atoms with Gasteiger partial charge < -0.3 is 0 Å². The van der Waals surface area contributed by atoms with Crippen molar-refractivity contribution in [2.24, 2.45) is 0 Å². The van der Waals surface area contributed by atoms with Crippen LogP contribution >= 0.6 is 34.3 Å². The van der Waals surface area contributed by atoms with Crippen molar-refractivity contribution in [1.82, 2.24) is 0 Å². The lowest BCUT2D eigenvalue weighted by Gasteiger charge is -2.04. The van der Waals surface area contributed by atoms with Crippen LogP contribution in [0.1, 0.15) is 0 Å². The van der Waals surface area contributed by atoms with Crippen molar-refractivity contribution in [2.75, 3.05) is 0 Å². The van der Waals surface area contributed by atoms with Gasteiger partial charge in [-0.05, 0) is 40.8 Å². The molecule has 4 aromatic rings. The van der Waals surface area contributed by atoms with E-state index in [1.165, 1.54) is 25.8 Å². The average molecular weight is 353 g/mol. The van der Waals surface area contributed by atoms with E-state index in [1.807, 2.05) is 6.07 Å². The molecule has 23 heavy (non-hydrogen) atoms. The molecule has 0 saturated carbocycles. The molecule has 2 aromatic heterocycles. The summed E-state index contributed by atoms with van der Waals surface area (Å²) in [4.78, 5) is 3.72. The zero-order valence-corrected chi connectivity index (χ0v) is 14.6. The van der Waals surface area contributed by atoms with Crippen molar-refractivity contribution in [3.63, 3.8) is 0 Å². The monoisotopic (exact) mass is 352 g/mol. The van der Waals surface area contributed by atoms with Gasteiger partial charge in [0.15, 0.2) is 0 Å². The SMILES string of the molecule is Clc1cc(-c2ccc(-c3ccccc3)s2)ccc1-c1cccs1. The molecule has 0 N–H and O–H groups in total. The van der Waals surface area contributed by atoms with Crippen LogP contribution in [0.5, 0.6) is 0 Å². The Kier molecular flexibility index (Phi) is 4.04. The third-order valence-corrected chi connectivity index (χ3v) is 6.10. The van der Waals surface area contributed by atoms with Crippen LogP contribution in [0.25, 0.3) is 31.3 Å². The maximum Gasteiger partial charge on any atom is 0.0499 e. The van der Waals surface area contributed by atoms with Crippen molar-refractivity contribution in [1.29, 1.82) is 0 Å². The normalized spacial score (nSPS) is 10.8. The lowest BCUT2D eigenvalue weighted by atomic mass is 10.1. The molecule has 112 valence electrons. The first-order valence-corrected chi connectivity index (χ1v) is 9.38. The zero-order valence-electron chi connectivity index (χ0n) is 12.2. The molecule has 0 saturated heterocycles. The van der Waals surface area contributed by atoms with Gasteiger partial charge in [0.2, 0.25) is 0 Å². The minimum Gasteiger partial charge on any atom is -0.144 e. The molecule has 0 nitrogen and oxygen atoms in total. The number of halogens is 1. The van der Waals surface area contributed by atoms with Gasteiger partial charge in [-0.25, -0.2) is 0 Å². The Hall–Kier alpha value is -1.87. The van der Waals surface area contributed by atoms with Crippen molar-refractivity contribution in [3.05, 3.63) is 83.2 Å². The molecular formula is C20H13ClS2. The summed E-state index contributed by atoms with van der Waals surface area (Å²) < 4.78 is 0. The zero-order chi connectivity index (χ0) is 15.6. The first kappa shape index (κ1) is 14.7. The second kappa shape index (κ2) is 6.32. The highest BCUT2D eigenvalue weighted by Gasteiger charge is 2.09. The fourth-order valence-corrected chi connectivity index (χ4v) is 4.66. The molecule has 0 aliphatic carbocycles. The van der Waals surface area contributed by atoms with Gasteiger partial charge in [0, 0.05) is 25.2 Å². The van der Waals surface area contributed by atoms with Crippen molar-refractivity contribution in [3.8, 4) is 31.3 Å². The van der Waals surface area contributed by atoms with E-state index in [9.17, 15) is 0 Å². The molecule has 4 rings (SSSR count). The highest BCUT2D eigenvalue weighted by molar-refractivity contribution is 7.18. The van der Waals surface area contributed by atoms with Crippen molar-refractivity contribution < 1.29 is 0 Å². The van der Waals surface area contributed by atoms with Gasteiger partial charge in [0.05, 0.1) is 0 Å². The molecule has 0 spiro atoms. The smallest absolute Gasteiger partial charge is 0.0499 e. The standard InChI is InChI=1S/C20H13ClS2/c21-17-13-15(8-9-16(17)20-7-4-12-22-20)19-11-10-18(23-19)14-5-2-1-3-6-14/h1-13H. The number of benzene rings is 2. The average Bonchev–Trinajstić information content (AvgIpc) is 3.27. The Morgan fingerprint density at radius 1 is 0.652 bits per heavy atom. The topological polar surface area (TPSA) is 0 Å². The summed E-state index contributed by atoms with van der Waals surface area (Å²) in [5.74, 6) is 0.